The highest BCUT2D eigenvalue weighted by atomic mass is 35.5. The number of allylic oxidation sites excluding steroid dienone is 2. The molecule has 3 aliphatic carbocycles. The van der Waals surface area contributed by atoms with Crippen LogP contribution in [0.1, 0.15) is 189 Å². The second-order valence-electron chi connectivity index (χ2n) is 22.1. The molecule has 418 valence electrons. The second kappa shape index (κ2) is 26.7. The van der Waals surface area contributed by atoms with Gasteiger partial charge in [-0.15, -0.1) is 0 Å². The van der Waals surface area contributed by atoms with Crippen LogP contribution in [0.25, 0.3) is 0 Å². The monoisotopic (exact) mass is 1150 g/mol. The van der Waals surface area contributed by atoms with E-state index in [9.17, 15) is 33.6 Å². The zero-order chi connectivity index (χ0) is 57.2. The van der Waals surface area contributed by atoms with Gasteiger partial charge >= 0.3 is 17.9 Å². The Morgan fingerprint density at radius 3 is 1.46 bits per heavy atom. The number of rotatable bonds is 12. The Balaban J connectivity index is 0.000000147. The number of methoxy groups -OCH3 is 1. The van der Waals surface area contributed by atoms with E-state index in [4.69, 9.17) is 49.0 Å². The fourth-order valence-electron chi connectivity index (χ4n) is 12.3. The van der Waals surface area contributed by atoms with Crippen LogP contribution in [0.5, 0.6) is 0 Å². The number of fused-ring (bicyclic) bond motifs is 2. The standard InChI is InChI=1S/C23H23ClO4.C23H23ClO3.C22H19ClO3/c1-28-23(27)20-5-3-2-4-19(20)22(26)21(25)14-15-6-8-16(9-7-15)17-10-12-18(24)13-11-17;1-23(20-5-3-2-4-19(20)22(26)27-23)21(25)14-15-6-8-16(9-7-15)17-10-12-18(24)13-11-17;23-17-11-9-16(10-12-17)15-7-5-14(6-8-15)13-20-21(24)18-3-1-2-4-19(18)22(25)26-20/h2-5,10-13,15-16H,6-9,14H2,1H3;2-5,10-13,15-16H,6-9,14H2,1H3;1-4,9-15H,5-8H2/b;;20-13-. The number of hydrogen-bond donors (Lipinski definition) is 0. The highest BCUT2D eigenvalue weighted by molar-refractivity contribution is 6.44. The van der Waals surface area contributed by atoms with Gasteiger partial charge in [0.25, 0.3) is 0 Å². The number of benzene rings is 6. The third-order valence-corrected chi connectivity index (χ3v) is 17.7. The van der Waals surface area contributed by atoms with Gasteiger partial charge in [-0.2, -0.15) is 0 Å². The first-order valence-electron chi connectivity index (χ1n) is 28.0. The molecule has 0 saturated heterocycles. The zero-order valence-corrected chi connectivity index (χ0v) is 47.8. The summed E-state index contributed by atoms with van der Waals surface area (Å²) in [6.07, 6.45) is 14.6. The molecule has 6 aromatic rings. The van der Waals surface area contributed by atoms with Crippen LogP contribution in [0, 0.1) is 17.8 Å². The number of cyclic esters (lactones) is 2. The molecule has 0 amide bonds. The van der Waals surface area contributed by atoms with Gasteiger partial charge in [-0.1, -0.05) is 126 Å². The molecular formula is C68H65Cl3O10. The van der Waals surface area contributed by atoms with Crippen LogP contribution in [0.3, 0.4) is 0 Å². The third kappa shape index (κ3) is 14.2. The van der Waals surface area contributed by atoms with Crippen LogP contribution in [-0.2, 0) is 29.4 Å². The normalized spacial score (nSPS) is 23.4. The Kier molecular flexibility index (Phi) is 19.4. The summed E-state index contributed by atoms with van der Waals surface area (Å²) in [4.78, 5) is 86.9. The molecule has 13 heteroatoms. The molecule has 2 aliphatic heterocycles. The molecule has 1 atom stereocenters. The number of carbonyl (C=O) groups is 7. The fraction of sp³-hybridized carbons (Fsp3) is 0.338. The first-order chi connectivity index (χ1) is 39.1. The van der Waals surface area contributed by atoms with Crippen LogP contribution in [-0.4, -0.2) is 48.2 Å². The smallest absolute Gasteiger partial charge is 0.344 e. The Hall–Kier alpha value is -6.98. The number of ketones is 4. The molecular weight excluding hydrogens is 1080 g/mol. The SMILES string of the molecule is CC1(C(=O)CC2CCC(c3ccc(Cl)cc3)CC2)OC(=O)c2ccccc21.COC(=O)c1ccccc1C(=O)C(=O)CC1CCC(c2ccc(Cl)cc2)CC1.O=C1O/C(=C\C2CCC(c3ccc(Cl)cc3)CC2)C(=O)c2ccccc21. The number of carbonyl (C=O) groups excluding carboxylic acids is 7. The van der Waals surface area contributed by atoms with Crippen LogP contribution in [0.2, 0.25) is 15.1 Å². The van der Waals surface area contributed by atoms with Crippen LogP contribution in [0.4, 0.5) is 0 Å². The minimum absolute atomic E-state index is 0.00995. The first-order valence-corrected chi connectivity index (χ1v) is 29.2. The van der Waals surface area contributed by atoms with Crippen LogP contribution in [0.15, 0.2) is 157 Å². The van der Waals surface area contributed by atoms with Crippen molar-refractivity contribution in [3.63, 3.8) is 0 Å². The van der Waals surface area contributed by atoms with Crippen molar-refractivity contribution in [1.29, 1.82) is 0 Å². The van der Waals surface area contributed by atoms with Gasteiger partial charge in [0.15, 0.2) is 17.1 Å². The highest BCUT2D eigenvalue weighted by Crippen LogP contribution is 2.43. The topological polar surface area (TPSA) is 147 Å². The third-order valence-electron chi connectivity index (χ3n) is 17.0. The van der Waals surface area contributed by atoms with Crippen molar-refractivity contribution in [2.24, 2.45) is 17.8 Å². The molecule has 3 fully saturated rings. The van der Waals surface area contributed by atoms with Crippen molar-refractivity contribution >= 4 is 75.8 Å². The lowest BCUT2D eigenvalue weighted by atomic mass is 9.75. The van der Waals surface area contributed by atoms with Crippen molar-refractivity contribution in [3.05, 3.63) is 223 Å². The maximum atomic E-state index is 13.0. The molecule has 0 N–H and O–H groups in total. The summed E-state index contributed by atoms with van der Waals surface area (Å²) in [5.41, 5.74) is 5.03. The lowest BCUT2D eigenvalue weighted by Gasteiger charge is -2.31. The average molecular weight is 1150 g/mol. The van der Waals surface area contributed by atoms with E-state index >= 15 is 0 Å². The number of esters is 3. The van der Waals surface area contributed by atoms with E-state index in [1.807, 2.05) is 54.6 Å². The molecule has 0 radical (unpaired) electrons. The average Bonchev–Trinajstić information content (AvgIpc) is 3.78. The minimum Gasteiger partial charge on any atom is -0.465 e. The van der Waals surface area contributed by atoms with Crippen molar-refractivity contribution in [2.45, 2.75) is 120 Å². The Morgan fingerprint density at radius 1 is 0.519 bits per heavy atom. The Labute approximate surface area is 488 Å². The highest BCUT2D eigenvalue weighted by Gasteiger charge is 2.47. The van der Waals surface area contributed by atoms with Gasteiger partial charge in [-0.3, -0.25) is 19.2 Å². The molecule has 11 rings (SSSR count). The second-order valence-corrected chi connectivity index (χ2v) is 23.4. The summed E-state index contributed by atoms with van der Waals surface area (Å²) in [5.74, 6) is -0.160. The lowest BCUT2D eigenvalue weighted by molar-refractivity contribution is -0.137. The molecule has 2 heterocycles. The van der Waals surface area contributed by atoms with E-state index in [0.717, 1.165) is 92.1 Å². The van der Waals surface area contributed by atoms with E-state index in [1.54, 1.807) is 55.5 Å². The fourth-order valence-corrected chi connectivity index (χ4v) is 12.6. The van der Waals surface area contributed by atoms with Crippen molar-refractivity contribution in [2.75, 3.05) is 7.11 Å². The minimum atomic E-state index is -1.14. The van der Waals surface area contributed by atoms with Gasteiger partial charge in [0.1, 0.15) is 0 Å². The van der Waals surface area contributed by atoms with Gasteiger partial charge in [-0.05, 0) is 197 Å². The summed E-state index contributed by atoms with van der Waals surface area (Å²) in [6, 6.07) is 44.4. The summed E-state index contributed by atoms with van der Waals surface area (Å²) in [5, 5.41) is 2.25. The molecule has 0 spiro atoms. The number of halogens is 3. The molecule has 3 saturated carbocycles. The van der Waals surface area contributed by atoms with E-state index in [1.165, 1.54) is 35.9 Å². The maximum Gasteiger partial charge on any atom is 0.344 e. The summed E-state index contributed by atoms with van der Waals surface area (Å²) < 4.78 is 15.5. The Morgan fingerprint density at radius 2 is 0.951 bits per heavy atom. The van der Waals surface area contributed by atoms with Crippen LogP contribution >= 0.6 is 34.8 Å². The molecule has 10 nitrogen and oxygen atoms in total. The molecule has 1 unspecified atom stereocenters. The number of Topliss-reactive ketones (excluding diaryl/α,β-unsaturated/α-hetero) is 4. The van der Waals surface area contributed by atoms with Gasteiger partial charge in [-0.25, -0.2) is 14.4 Å². The summed E-state index contributed by atoms with van der Waals surface area (Å²) in [7, 11) is 1.25. The van der Waals surface area contributed by atoms with Gasteiger partial charge in [0, 0.05) is 44.6 Å². The molecule has 0 aromatic heterocycles. The summed E-state index contributed by atoms with van der Waals surface area (Å²) in [6.45, 7) is 1.73. The first kappa shape index (κ1) is 58.7. The number of ether oxygens (including phenoxy) is 3. The van der Waals surface area contributed by atoms with Crippen molar-refractivity contribution in [1.82, 2.24) is 0 Å². The molecule has 6 aromatic carbocycles. The van der Waals surface area contributed by atoms with E-state index in [-0.39, 0.29) is 46.7 Å². The molecule has 81 heavy (non-hydrogen) atoms. The predicted molar refractivity (Wildman–Crippen MR) is 313 cm³/mol. The van der Waals surface area contributed by atoms with Gasteiger partial charge in [0.05, 0.1) is 23.8 Å². The van der Waals surface area contributed by atoms with Crippen molar-refractivity contribution < 1.29 is 47.8 Å². The summed E-state index contributed by atoms with van der Waals surface area (Å²) >= 11 is 17.9. The number of hydrogen-bond acceptors (Lipinski definition) is 10. The lowest BCUT2D eigenvalue weighted by Crippen LogP contribution is -2.34. The van der Waals surface area contributed by atoms with Gasteiger partial charge in [0.2, 0.25) is 17.3 Å². The molecule has 0 bridgehead atoms. The van der Waals surface area contributed by atoms with Crippen LogP contribution < -0.4 is 0 Å². The largest absolute Gasteiger partial charge is 0.465 e. The molecule has 5 aliphatic rings. The Bertz CT molecular complexity index is 3310. The predicted octanol–water partition coefficient (Wildman–Crippen LogP) is 16.5. The zero-order valence-electron chi connectivity index (χ0n) is 45.5. The van der Waals surface area contributed by atoms with E-state index in [2.05, 4.69) is 36.4 Å². The maximum absolute atomic E-state index is 13.0. The van der Waals surface area contributed by atoms with E-state index < -0.39 is 35.1 Å². The van der Waals surface area contributed by atoms with Gasteiger partial charge < -0.3 is 14.2 Å². The van der Waals surface area contributed by atoms with Crippen molar-refractivity contribution in [3.8, 4) is 0 Å². The van der Waals surface area contributed by atoms with E-state index in [0.29, 0.717) is 52.3 Å². The quantitative estimate of drug-likeness (QED) is 0.0381.